The molecule has 0 saturated carbocycles. The van der Waals surface area contributed by atoms with E-state index in [4.69, 9.17) is 0 Å². The molecule has 1 aliphatic rings. The molecule has 1 saturated heterocycles. The third-order valence-electron chi connectivity index (χ3n) is 4.35. The van der Waals surface area contributed by atoms with Crippen LogP contribution in [0.5, 0.6) is 0 Å². The van der Waals surface area contributed by atoms with Gasteiger partial charge in [0.05, 0.1) is 6.54 Å². The number of carbonyl (C=O) groups excluding carboxylic acids is 1. The third kappa shape index (κ3) is 4.11. The molecule has 1 amide bonds. The summed E-state index contributed by atoms with van der Waals surface area (Å²) in [5, 5.41) is 0. The van der Waals surface area contributed by atoms with Crippen molar-refractivity contribution in [3.63, 3.8) is 0 Å². The molecule has 0 radical (unpaired) electrons. The van der Waals surface area contributed by atoms with Gasteiger partial charge in [0, 0.05) is 57.1 Å². The number of aromatic nitrogens is 1. The predicted molar refractivity (Wildman–Crippen MR) is 88.7 cm³/mol. The number of hydrogen-bond donors (Lipinski definition) is 0. The standard InChI is InChI=1S/C18H19F2N3O2/c1-21-5-4-13(8-17(21)24)10-22-6-7-23(18(25)12-22)11-14-2-3-15(19)9-16(14)20/h2-5,8-9H,6-7,10-12H2,1H3. The zero-order valence-electron chi connectivity index (χ0n) is 13.9. The highest BCUT2D eigenvalue weighted by molar-refractivity contribution is 5.79. The lowest BCUT2D eigenvalue weighted by molar-refractivity contribution is -0.136. The molecule has 0 aliphatic carbocycles. The molecule has 2 heterocycles. The lowest BCUT2D eigenvalue weighted by Gasteiger charge is -2.34. The molecule has 0 bridgehead atoms. The van der Waals surface area contributed by atoms with Gasteiger partial charge in [0.15, 0.2) is 0 Å². The van der Waals surface area contributed by atoms with Crippen molar-refractivity contribution in [2.45, 2.75) is 13.1 Å². The Morgan fingerprint density at radius 3 is 2.52 bits per heavy atom. The summed E-state index contributed by atoms with van der Waals surface area (Å²) in [5.74, 6) is -1.39. The van der Waals surface area contributed by atoms with Crippen molar-refractivity contribution in [2.75, 3.05) is 19.6 Å². The molecule has 1 aromatic heterocycles. The van der Waals surface area contributed by atoms with Crippen LogP contribution in [0.25, 0.3) is 0 Å². The minimum absolute atomic E-state index is 0.0887. The SMILES string of the molecule is Cn1ccc(CN2CCN(Cc3ccc(F)cc3F)C(=O)C2)cc1=O. The zero-order valence-corrected chi connectivity index (χ0v) is 13.9. The Hall–Kier alpha value is -2.54. The number of benzene rings is 1. The molecular weight excluding hydrogens is 328 g/mol. The fourth-order valence-corrected chi connectivity index (χ4v) is 2.86. The topological polar surface area (TPSA) is 45.5 Å². The van der Waals surface area contributed by atoms with Crippen LogP contribution >= 0.6 is 0 Å². The second kappa shape index (κ2) is 7.14. The van der Waals surface area contributed by atoms with Crippen LogP contribution in [0.15, 0.2) is 41.3 Å². The maximum atomic E-state index is 13.7. The number of carbonyl (C=O) groups is 1. The summed E-state index contributed by atoms with van der Waals surface area (Å²) in [6.45, 7) is 1.94. The summed E-state index contributed by atoms with van der Waals surface area (Å²) in [7, 11) is 1.68. The molecule has 1 fully saturated rings. The van der Waals surface area contributed by atoms with E-state index in [-0.39, 0.29) is 24.6 Å². The van der Waals surface area contributed by atoms with Gasteiger partial charge in [0.25, 0.3) is 5.56 Å². The Morgan fingerprint density at radius 1 is 1.04 bits per heavy atom. The van der Waals surface area contributed by atoms with Gasteiger partial charge in [-0.1, -0.05) is 6.07 Å². The van der Waals surface area contributed by atoms with Crippen LogP contribution in [0.4, 0.5) is 8.78 Å². The Balaban J connectivity index is 1.61. The van der Waals surface area contributed by atoms with Gasteiger partial charge in [-0.3, -0.25) is 14.5 Å². The first-order valence-electron chi connectivity index (χ1n) is 8.02. The smallest absolute Gasteiger partial charge is 0.250 e. The average molecular weight is 347 g/mol. The molecule has 7 heteroatoms. The fourth-order valence-electron chi connectivity index (χ4n) is 2.86. The Kier molecular flexibility index (Phi) is 4.94. The summed E-state index contributed by atoms with van der Waals surface area (Å²) in [6.07, 6.45) is 1.70. The van der Waals surface area contributed by atoms with Crippen molar-refractivity contribution >= 4 is 5.91 Å². The Bertz CT molecular complexity index is 850. The van der Waals surface area contributed by atoms with Crippen molar-refractivity contribution < 1.29 is 13.6 Å². The van der Waals surface area contributed by atoms with Gasteiger partial charge in [0.1, 0.15) is 11.6 Å². The summed E-state index contributed by atoms with van der Waals surface area (Å²) >= 11 is 0. The number of rotatable bonds is 4. The van der Waals surface area contributed by atoms with Gasteiger partial charge in [-0.25, -0.2) is 8.78 Å². The highest BCUT2D eigenvalue weighted by Crippen LogP contribution is 2.15. The van der Waals surface area contributed by atoms with Crippen LogP contribution in [0.1, 0.15) is 11.1 Å². The number of amides is 1. The van der Waals surface area contributed by atoms with E-state index in [1.54, 1.807) is 24.2 Å². The van der Waals surface area contributed by atoms with E-state index in [0.29, 0.717) is 25.2 Å². The van der Waals surface area contributed by atoms with Gasteiger partial charge in [-0.15, -0.1) is 0 Å². The molecule has 1 aromatic carbocycles. The largest absolute Gasteiger partial charge is 0.336 e. The number of aryl methyl sites for hydroxylation is 1. The number of piperazine rings is 1. The van der Waals surface area contributed by atoms with Crippen molar-refractivity contribution in [3.05, 3.63) is 69.6 Å². The van der Waals surface area contributed by atoms with E-state index < -0.39 is 11.6 Å². The van der Waals surface area contributed by atoms with E-state index in [9.17, 15) is 18.4 Å². The van der Waals surface area contributed by atoms with Crippen molar-refractivity contribution in [1.29, 1.82) is 0 Å². The maximum Gasteiger partial charge on any atom is 0.250 e. The highest BCUT2D eigenvalue weighted by Gasteiger charge is 2.24. The molecule has 132 valence electrons. The first-order chi connectivity index (χ1) is 11.9. The summed E-state index contributed by atoms with van der Waals surface area (Å²) in [6, 6.07) is 6.79. The van der Waals surface area contributed by atoms with Gasteiger partial charge >= 0.3 is 0 Å². The van der Waals surface area contributed by atoms with Crippen LogP contribution in [0.2, 0.25) is 0 Å². The van der Waals surface area contributed by atoms with Crippen LogP contribution in [0, 0.1) is 11.6 Å². The van der Waals surface area contributed by atoms with Crippen LogP contribution in [-0.2, 0) is 24.9 Å². The zero-order chi connectivity index (χ0) is 18.0. The summed E-state index contributed by atoms with van der Waals surface area (Å²) < 4.78 is 28.2. The first-order valence-corrected chi connectivity index (χ1v) is 8.02. The van der Waals surface area contributed by atoms with E-state index in [0.717, 1.165) is 11.6 Å². The maximum absolute atomic E-state index is 13.7. The Morgan fingerprint density at radius 2 is 1.84 bits per heavy atom. The lowest BCUT2D eigenvalue weighted by atomic mass is 10.1. The van der Waals surface area contributed by atoms with E-state index in [1.807, 2.05) is 11.0 Å². The van der Waals surface area contributed by atoms with Crippen molar-refractivity contribution in [3.8, 4) is 0 Å². The normalized spacial score (nSPS) is 15.6. The molecule has 0 N–H and O–H groups in total. The molecule has 0 unspecified atom stereocenters. The van der Waals surface area contributed by atoms with Gasteiger partial charge in [0.2, 0.25) is 5.91 Å². The molecule has 1 aliphatic heterocycles. The third-order valence-corrected chi connectivity index (χ3v) is 4.35. The molecule has 2 aromatic rings. The number of hydrogen-bond acceptors (Lipinski definition) is 3. The fraction of sp³-hybridized carbons (Fsp3) is 0.333. The van der Waals surface area contributed by atoms with Crippen molar-refractivity contribution in [1.82, 2.24) is 14.4 Å². The van der Waals surface area contributed by atoms with E-state index >= 15 is 0 Å². The van der Waals surface area contributed by atoms with Crippen LogP contribution in [0.3, 0.4) is 0 Å². The monoisotopic (exact) mass is 347 g/mol. The second-order valence-corrected chi connectivity index (χ2v) is 6.25. The summed E-state index contributed by atoms with van der Waals surface area (Å²) in [5.41, 5.74) is 1.07. The quantitative estimate of drug-likeness (QED) is 0.842. The molecule has 0 spiro atoms. The number of nitrogens with zero attached hydrogens (tertiary/aromatic N) is 3. The first kappa shape index (κ1) is 17.3. The van der Waals surface area contributed by atoms with Crippen LogP contribution in [-0.4, -0.2) is 39.9 Å². The molecule has 5 nitrogen and oxygen atoms in total. The highest BCUT2D eigenvalue weighted by atomic mass is 19.1. The minimum atomic E-state index is -0.643. The molecular formula is C18H19F2N3O2. The van der Waals surface area contributed by atoms with Gasteiger partial charge in [-0.2, -0.15) is 0 Å². The molecule has 3 rings (SSSR count). The molecule has 0 atom stereocenters. The van der Waals surface area contributed by atoms with E-state index in [2.05, 4.69) is 0 Å². The predicted octanol–water partition coefficient (Wildman–Crippen LogP) is 1.51. The van der Waals surface area contributed by atoms with Gasteiger partial charge in [-0.05, 0) is 17.7 Å². The second-order valence-electron chi connectivity index (χ2n) is 6.25. The van der Waals surface area contributed by atoms with E-state index in [1.165, 1.54) is 16.7 Å². The van der Waals surface area contributed by atoms with Crippen molar-refractivity contribution in [2.24, 2.45) is 7.05 Å². The lowest BCUT2D eigenvalue weighted by Crippen LogP contribution is -2.49. The number of halogens is 2. The minimum Gasteiger partial charge on any atom is -0.336 e. The van der Waals surface area contributed by atoms with Gasteiger partial charge < -0.3 is 9.47 Å². The van der Waals surface area contributed by atoms with Crippen LogP contribution < -0.4 is 5.56 Å². The Labute approximate surface area is 144 Å². The summed E-state index contributed by atoms with van der Waals surface area (Å²) in [4.78, 5) is 27.5. The number of pyridine rings is 1. The average Bonchev–Trinajstić information content (AvgIpc) is 2.56. The molecule has 25 heavy (non-hydrogen) atoms.